The van der Waals surface area contributed by atoms with Crippen LogP contribution in [0.5, 0.6) is 0 Å². The number of hydrogen-bond donors (Lipinski definition) is 2. The number of carbonyl (C=O) groups excluding carboxylic acids is 1. The molecule has 0 aliphatic carbocycles. The number of aromatic carboxylic acids is 1. The van der Waals surface area contributed by atoms with Crippen LogP contribution in [-0.2, 0) is 7.05 Å². The fourth-order valence-corrected chi connectivity index (χ4v) is 3.65. The number of carbonyl (C=O) groups is 2. The lowest BCUT2D eigenvalue weighted by Gasteiger charge is -2.36. The minimum absolute atomic E-state index is 0.0663. The summed E-state index contributed by atoms with van der Waals surface area (Å²) in [6.45, 7) is 0. The summed E-state index contributed by atoms with van der Waals surface area (Å²) >= 11 is 0. The first-order valence-corrected chi connectivity index (χ1v) is 7.25. The zero-order valence-electron chi connectivity index (χ0n) is 12.2. The molecule has 0 saturated carbocycles. The van der Waals surface area contributed by atoms with Crippen LogP contribution in [0.15, 0.2) is 6.20 Å². The molecule has 2 atom stereocenters. The van der Waals surface area contributed by atoms with Gasteiger partial charge in [-0.1, -0.05) is 0 Å². The van der Waals surface area contributed by atoms with Crippen molar-refractivity contribution < 1.29 is 14.7 Å². The molecule has 3 rings (SSSR count). The van der Waals surface area contributed by atoms with Crippen molar-refractivity contribution >= 4 is 11.9 Å². The average Bonchev–Trinajstić information content (AvgIpc) is 2.88. The van der Waals surface area contributed by atoms with Crippen LogP contribution in [-0.4, -0.2) is 56.8 Å². The number of nitrogens with one attached hydrogen (secondary N) is 1. The van der Waals surface area contributed by atoms with E-state index in [0.29, 0.717) is 12.1 Å². The van der Waals surface area contributed by atoms with Gasteiger partial charge in [-0.3, -0.25) is 9.48 Å². The summed E-state index contributed by atoms with van der Waals surface area (Å²) in [5, 5.41) is 16.0. The van der Waals surface area contributed by atoms with E-state index in [9.17, 15) is 14.7 Å². The second-order valence-corrected chi connectivity index (χ2v) is 6.03. The molecule has 21 heavy (non-hydrogen) atoms. The Morgan fingerprint density at radius 2 is 1.90 bits per heavy atom. The molecule has 7 nitrogen and oxygen atoms in total. The summed E-state index contributed by atoms with van der Waals surface area (Å²) in [7, 11) is 3.67. The highest BCUT2D eigenvalue weighted by Crippen LogP contribution is 2.34. The zero-order chi connectivity index (χ0) is 15.1. The molecule has 2 saturated heterocycles. The molecular weight excluding hydrogens is 272 g/mol. The first-order valence-electron chi connectivity index (χ1n) is 7.25. The summed E-state index contributed by atoms with van der Waals surface area (Å²) < 4.78 is 1.22. The summed E-state index contributed by atoms with van der Waals surface area (Å²) in [5.41, 5.74) is 0.0691. The van der Waals surface area contributed by atoms with Crippen molar-refractivity contribution in [3.63, 3.8) is 0 Å². The number of fused-ring (bicyclic) bond motifs is 2. The van der Waals surface area contributed by atoms with E-state index < -0.39 is 5.97 Å². The number of rotatable bonds is 3. The fourth-order valence-electron chi connectivity index (χ4n) is 3.65. The van der Waals surface area contributed by atoms with Gasteiger partial charge in [-0.25, -0.2) is 4.79 Å². The van der Waals surface area contributed by atoms with Crippen LogP contribution in [0.1, 0.15) is 46.5 Å². The Balaban J connectivity index is 1.72. The van der Waals surface area contributed by atoms with E-state index in [1.165, 1.54) is 30.8 Å². The lowest BCUT2D eigenvalue weighted by Crippen LogP contribution is -2.48. The maximum Gasteiger partial charge on any atom is 0.354 e. The van der Waals surface area contributed by atoms with Crippen LogP contribution in [0.3, 0.4) is 0 Å². The second kappa shape index (κ2) is 5.14. The SMILES string of the molecule is CN1C2CCC1CC(NC(=O)c1cnn(C)c1C(=O)O)C2. The molecule has 2 N–H and O–H groups in total. The number of hydrogen-bond acceptors (Lipinski definition) is 4. The van der Waals surface area contributed by atoms with Crippen LogP contribution >= 0.6 is 0 Å². The lowest BCUT2D eigenvalue weighted by atomic mass is 9.97. The maximum atomic E-state index is 12.3. The molecule has 0 radical (unpaired) electrons. The predicted octanol–water partition coefficient (Wildman–Crippen LogP) is 0.473. The van der Waals surface area contributed by atoms with Crippen LogP contribution < -0.4 is 5.32 Å². The van der Waals surface area contributed by atoms with E-state index in [0.717, 1.165) is 12.8 Å². The van der Waals surface area contributed by atoms with Crippen LogP contribution in [0.25, 0.3) is 0 Å². The number of carboxylic acids is 1. The molecule has 0 aromatic carbocycles. The van der Waals surface area contributed by atoms with Crippen molar-refractivity contribution in [2.45, 2.75) is 43.8 Å². The molecule has 1 aromatic rings. The number of nitrogens with zero attached hydrogens (tertiary/aromatic N) is 3. The van der Waals surface area contributed by atoms with Crippen LogP contribution in [0.4, 0.5) is 0 Å². The number of aromatic nitrogens is 2. The number of aryl methyl sites for hydroxylation is 1. The Bertz CT molecular complexity index is 569. The van der Waals surface area contributed by atoms with Gasteiger partial charge in [0.25, 0.3) is 5.91 Å². The summed E-state index contributed by atoms with van der Waals surface area (Å²) in [6, 6.07) is 1.18. The molecule has 1 amide bonds. The number of amides is 1. The third kappa shape index (κ3) is 2.42. The molecule has 2 aliphatic rings. The van der Waals surface area contributed by atoms with Gasteiger partial charge < -0.3 is 15.3 Å². The summed E-state index contributed by atoms with van der Waals surface area (Å²) in [5.74, 6) is -1.47. The molecule has 7 heteroatoms. The topological polar surface area (TPSA) is 87.5 Å². The van der Waals surface area contributed by atoms with Crippen LogP contribution in [0.2, 0.25) is 0 Å². The Morgan fingerprint density at radius 3 is 2.48 bits per heavy atom. The zero-order valence-corrected chi connectivity index (χ0v) is 12.2. The van der Waals surface area contributed by atoms with Gasteiger partial charge in [-0.2, -0.15) is 5.10 Å². The van der Waals surface area contributed by atoms with E-state index in [2.05, 4.69) is 22.4 Å². The van der Waals surface area contributed by atoms with Crippen molar-refractivity contribution in [3.8, 4) is 0 Å². The maximum absolute atomic E-state index is 12.3. The van der Waals surface area contributed by atoms with Gasteiger partial charge in [-0.15, -0.1) is 0 Å². The summed E-state index contributed by atoms with van der Waals surface area (Å²) in [6.07, 6.45) is 5.55. The Kier molecular flexibility index (Phi) is 3.44. The van der Waals surface area contributed by atoms with Gasteiger partial charge in [0.2, 0.25) is 0 Å². The fraction of sp³-hybridized carbons (Fsp3) is 0.643. The van der Waals surface area contributed by atoms with Gasteiger partial charge in [0.05, 0.1) is 11.8 Å². The van der Waals surface area contributed by atoms with Crippen molar-refractivity contribution in [1.82, 2.24) is 20.0 Å². The van der Waals surface area contributed by atoms with Gasteiger partial charge in [0.1, 0.15) is 0 Å². The molecule has 0 spiro atoms. The van der Waals surface area contributed by atoms with Crippen molar-refractivity contribution in [1.29, 1.82) is 0 Å². The highest BCUT2D eigenvalue weighted by atomic mass is 16.4. The van der Waals surface area contributed by atoms with E-state index in [4.69, 9.17) is 0 Å². The highest BCUT2D eigenvalue weighted by molar-refractivity contribution is 6.03. The van der Waals surface area contributed by atoms with E-state index in [-0.39, 0.29) is 23.2 Å². The van der Waals surface area contributed by atoms with Crippen molar-refractivity contribution in [3.05, 3.63) is 17.5 Å². The molecule has 3 heterocycles. The monoisotopic (exact) mass is 292 g/mol. The molecule has 2 unspecified atom stereocenters. The predicted molar refractivity (Wildman–Crippen MR) is 75.2 cm³/mol. The van der Waals surface area contributed by atoms with E-state index in [1.807, 2.05) is 0 Å². The minimum atomic E-state index is -1.14. The third-order valence-electron chi connectivity index (χ3n) is 4.82. The molecule has 2 fully saturated rings. The Hall–Kier alpha value is -1.89. The van der Waals surface area contributed by atoms with E-state index >= 15 is 0 Å². The normalized spacial score (nSPS) is 28.6. The molecule has 2 bridgehead atoms. The first kappa shape index (κ1) is 14.1. The largest absolute Gasteiger partial charge is 0.477 e. The molecular formula is C14H20N4O3. The average molecular weight is 292 g/mol. The third-order valence-corrected chi connectivity index (χ3v) is 4.82. The van der Waals surface area contributed by atoms with Gasteiger partial charge in [-0.05, 0) is 32.7 Å². The van der Waals surface area contributed by atoms with Gasteiger partial charge in [0, 0.05) is 25.2 Å². The highest BCUT2D eigenvalue weighted by Gasteiger charge is 2.39. The minimum Gasteiger partial charge on any atom is -0.477 e. The molecule has 1 aromatic heterocycles. The molecule has 2 aliphatic heterocycles. The number of carboxylic acid groups (broad SMARTS) is 1. The second-order valence-electron chi connectivity index (χ2n) is 6.03. The van der Waals surface area contributed by atoms with Gasteiger partial charge >= 0.3 is 5.97 Å². The first-order chi connectivity index (χ1) is 9.97. The summed E-state index contributed by atoms with van der Waals surface area (Å²) in [4.78, 5) is 25.9. The standard InChI is InChI=1S/C14H20N4O3/c1-17-9-3-4-10(17)6-8(5-9)16-13(19)11-7-15-18(2)12(11)14(20)21/h7-10H,3-6H2,1-2H3,(H,16,19)(H,20,21). The smallest absolute Gasteiger partial charge is 0.354 e. The Labute approximate surface area is 122 Å². The van der Waals surface area contributed by atoms with E-state index in [1.54, 1.807) is 0 Å². The van der Waals surface area contributed by atoms with Crippen LogP contribution in [0, 0.1) is 0 Å². The van der Waals surface area contributed by atoms with Gasteiger partial charge in [0.15, 0.2) is 5.69 Å². The van der Waals surface area contributed by atoms with Crippen molar-refractivity contribution in [2.75, 3.05) is 7.05 Å². The quantitative estimate of drug-likeness (QED) is 0.846. The van der Waals surface area contributed by atoms with Crippen molar-refractivity contribution in [2.24, 2.45) is 7.05 Å². The molecule has 114 valence electrons. The lowest BCUT2D eigenvalue weighted by molar-refractivity contribution is 0.0677. The Morgan fingerprint density at radius 1 is 1.29 bits per heavy atom. The number of piperidine rings is 1.